The summed E-state index contributed by atoms with van der Waals surface area (Å²) < 4.78 is 6.75. The molecule has 0 radical (unpaired) electrons. The van der Waals surface area contributed by atoms with E-state index in [1.165, 1.54) is 10.9 Å². The van der Waals surface area contributed by atoms with E-state index in [1.807, 2.05) is 6.07 Å². The number of benzene rings is 1. The molecule has 0 unspecified atom stereocenters. The number of hydrogen-bond donors (Lipinski definition) is 2. The van der Waals surface area contributed by atoms with E-state index in [1.54, 1.807) is 30.3 Å². The lowest BCUT2D eigenvalue weighted by atomic mass is 9.97. The zero-order valence-corrected chi connectivity index (χ0v) is 14.1. The highest BCUT2D eigenvalue weighted by Gasteiger charge is 2.18. The van der Waals surface area contributed by atoms with Crippen molar-refractivity contribution in [2.45, 2.75) is 6.73 Å². The van der Waals surface area contributed by atoms with Gasteiger partial charge in [-0.15, -0.1) is 0 Å². The molecule has 0 saturated carbocycles. The molecule has 0 aliphatic heterocycles. The number of nitriles is 2. The minimum atomic E-state index is -0.686. The van der Waals surface area contributed by atoms with Gasteiger partial charge in [-0.05, 0) is 17.7 Å². The third-order valence-corrected chi connectivity index (χ3v) is 3.81. The molecule has 0 aliphatic carbocycles. The van der Waals surface area contributed by atoms with Crippen molar-refractivity contribution in [2.24, 2.45) is 0 Å². The molecular formula is C17H11N7O4. The Morgan fingerprint density at radius 3 is 2.50 bits per heavy atom. The van der Waals surface area contributed by atoms with Gasteiger partial charge in [-0.2, -0.15) is 15.6 Å². The molecule has 138 valence electrons. The molecule has 1 aromatic carbocycles. The monoisotopic (exact) mass is 377 g/mol. The zero-order valence-electron chi connectivity index (χ0n) is 14.1. The van der Waals surface area contributed by atoms with Crippen LogP contribution in [-0.4, -0.2) is 19.7 Å². The fourth-order valence-corrected chi connectivity index (χ4v) is 2.51. The Bertz CT molecular complexity index is 1200. The van der Waals surface area contributed by atoms with Gasteiger partial charge in [-0.1, -0.05) is 12.1 Å². The lowest BCUT2D eigenvalue weighted by molar-refractivity contribution is -0.385. The minimum absolute atomic E-state index is 0.00586. The molecule has 0 atom stereocenters. The average molecular weight is 377 g/mol. The number of pyridine rings is 1. The SMILES string of the molecule is N#Cc1c(N)[nH]c(=O)c(C#N)c1-c1ccc(OCn2cc([N+](=O)[O-])cn2)cc1. The Kier molecular flexibility index (Phi) is 4.74. The van der Waals surface area contributed by atoms with E-state index in [4.69, 9.17) is 10.5 Å². The van der Waals surface area contributed by atoms with Gasteiger partial charge in [0.15, 0.2) is 6.73 Å². The van der Waals surface area contributed by atoms with Gasteiger partial charge in [0.2, 0.25) is 0 Å². The lowest BCUT2D eigenvalue weighted by Crippen LogP contribution is -2.16. The molecule has 11 nitrogen and oxygen atoms in total. The van der Waals surface area contributed by atoms with Crippen LogP contribution >= 0.6 is 0 Å². The summed E-state index contributed by atoms with van der Waals surface area (Å²) in [6, 6.07) is 9.94. The predicted molar refractivity (Wildman–Crippen MR) is 95.9 cm³/mol. The number of nitrogens with one attached hydrogen (secondary N) is 1. The molecule has 0 spiro atoms. The fraction of sp³-hybridized carbons (Fsp3) is 0.0588. The topological polar surface area (TPSA) is 177 Å². The third kappa shape index (κ3) is 3.36. The van der Waals surface area contributed by atoms with Crippen LogP contribution < -0.4 is 16.0 Å². The second kappa shape index (κ2) is 7.31. The Morgan fingerprint density at radius 1 is 1.25 bits per heavy atom. The van der Waals surface area contributed by atoms with Crippen LogP contribution in [0, 0.1) is 32.8 Å². The number of aromatic amines is 1. The number of nitrogens with two attached hydrogens (primary N) is 1. The van der Waals surface area contributed by atoms with E-state index in [0.717, 1.165) is 6.20 Å². The van der Waals surface area contributed by atoms with Gasteiger partial charge in [-0.3, -0.25) is 14.9 Å². The Labute approximate surface area is 157 Å². The third-order valence-electron chi connectivity index (χ3n) is 3.81. The molecular weight excluding hydrogens is 366 g/mol. The number of ether oxygens (including phenoxy) is 1. The number of nitro groups is 1. The van der Waals surface area contributed by atoms with Crippen LogP contribution in [0.25, 0.3) is 11.1 Å². The van der Waals surface area contributed by atoms with Gasteiger partial charge in [-0.25, -0.2) is 4.68 Å². The van der Waals surface area contributed by atoms with E-state index in [9.17, 15) is 25.4 Å². The van der Waals surface area contributed by atoms with Crippen LogP contribution in [0.15, 0.2) is 41.5 Å². The lowest BCUT2D eigenvalue weighted by Gasteiger charge is -2.10. The first-order chi connectivity index (χ1) is 13.4. The van der Waals surface area contributed by atoms with E-state index in [2.05, 4.69) is 10.1 Å². The number of H-pyrrole nitrogens is 1. The molecule has 0 fully saturated rings. The van der Waals surface area contributed by atoms with E-state index < -0.39 is 10.5 Å². The molecule has 0 saturated heterocycles. The Hall–Kier alpha value is -4.64. The van der Waals surface area contributed by atoms with Gasteiger partial charge in [0.05, 0.1) is 4.92 Å². The van der Waals surface area contributed by atoms with Crippen molar-refractivity contribution in [1.82, 2.24) is 14.8 Å². The van der Waals surface area contributed by atoms with Crippen LogP contribution in [0.2, 0.25) is 0 Å². The maximum Gasteiger partial charge on any atom is 0.307 e. The first-order valence-corrected chi connectivity index (χ1v) is 7.70. The molecule has 0 aliphatic rings. The highest BCUT2D eigenvalue weighted by Crippen LogP contribution is 2.29. The van der Waals surface area contributed by atoms with E-state index in [-0.39, 0.29) is 34.9 Å². The summed E-state index contributed by atoms with van der Waals surface area (Å²) in [5, 5.41) is 33.1. The van der Waals surface area contributed by atoms with Gasteiger partial charge in [0, 0.05) is 5.56 Å². The molecule has 0 bridgehead atoms. The molecule has 2 heterocycles. The zero-order chi connectivity index (χ0) is 20.3. The molecule has 3 rings (SSSR count). The maximum absolute atomic E-state index is 12.0. The van der Waals surface area contributed by atoms with Gasteiger partial charge >= 0.3 is 5.69 Å². The highest BCUT2D eigenvalue weighted by atomic mass is 16.6. The Balaban J connectivity index is 1.87. The van der Waals surface area contributed by atoms with Gasteiger partial charge in [0.25, 0.3) is 5.56 Å². The summed E-state index contributed by atoms with van der Waals surface area (Å²) >= 11 is 0. The summed E-state index contributed by atoms with van der Waals surface area (Å²) in [4.78, 5) is 24.3. The summed E-state index contributed by atoms with van der Waals surface area (Å²) in [6.45, 7) is -0.0575. The highest BCUT2D eigenvalue weighted by molar-refractivity contribution is 5.80. The number of anilines is 1. The van der Waals surface area contributed by atoms with Crippen molar-refractivity contribution in [3.8, 4) is 29.0 Å². The number of nitrogen functional groups attached to an aromatic ring is 1. The smallest absolute Gasteiger partial charge is 0.307 e. The molecule has 0 amide bonds. The van der Waals surface area contributed by atoms with Crippen molar-refractivity contribution < 1.29 is 9.66 Å². The molecule has 3 aromatic rings. The Morgan fingerprint density at radius 2 is 1.93 bits per heavy atom. The summed E-state index contributed by atoms with van der Waals surface area (Å²) in [5.41, 5.74) is 5.20. The normalized spacial score (nSPS) is 10.1. The van der Waals surface area contributed by atoms with Crippen molar-refractivity contribution in [2.75, 3.05) is 5.73 Å². The number of hydrogen-bond acceptors (Lipinski definition) is 8. The second-order valence-corrected chi connectivity index (χ2v) is 5.51. The minimum Gasteiger partial charge on any atom is -0.471 e. The van der Waals surface area contributed by atoms with Gasteiger partial charge < -0.3 is 15.5 Å². The summed E-state index contributed by atoms with van der Waals surface area (Å²) in [5.74, 6) is 0.291. The fourth-order valence-electron chi connectivity index (χ4n) is 2.51. The molecule has 3 N–H and O–H groups in total. The number of rotatable bonds is 5. The van der Waals surface area contributed by atoms with Crippen LogP contribution in [0.3, 0.4) is 0 Å². The maximum atomic E-state index is 12.0. The van der Waals surface area contributed by atoms with E-state index >= 15 is 0 Å². The summed E-state index contributed by atoms with van der Waals surface area (Å²) in [6.07, 6.45) is 2.34. The van der Waals surface area contributed by atoms with Gasteiger partial charge in [0.1, 0.15) is 47.2 Å². The van der Waals surface area contributed by atoms with Crippen LogP contribution in [-0.2, 0) is 6.73 Å². The van der Waals surface area contributed by atoms with Crippen LogP contribution in [0.4, 0.5) is 11.5 Å². The van der Waals surface area contributed by atoms with Crippen molar-refractivity contribution >= 4 is 11.5 Å². The molecule has 11 heteroatoms. The van der Waals surface area contributed by atoms with Crippen LogP contribution in [0.1, 0.15) is 11.1 Å². The number of nitrogens with zero attached hydrogens (tertiary/aromatic N) is 5. The van der Waals surface area contributed by atoms with E-state index in [0.29, 0.717) is 11.3 Å². The van der Waals surface area contributed by atoms with Crippen molar-refractivity contribution in [3.05, 3.63) is 68.3 Å². The standard InChI is InChI=1S/C17H11N7O4/c18-5-13-15(14(6-19)17(25)22-16(13)20)10-1-3-12(4-2-10)28-9-23-8-11(7-21-23)24(26)27/h1-4,7-8H,9H2,(H3,20,22,25). The van der Waals surface area contributed by atoms with Crippen molar-refractivity contribution in [1.29, 1.82) is 10.5 Å². The molecule has 28 heavy (non-hydrogen) atoms. The first-order valence-electron chi connectivity index (χ1n) is 7.70. The average Bonchev–Trinajstić information content (AvgIpc) is 3.16. The number of aromatic nitrogens is 3. The predicted octanol–water partition coefficient (Wildman–Crippen LogP) is 1.51. The largest absolute Gasteiger partial charge is 0.471 e. The molecule has 2 aromatic heterocycles. The quantitative estimate of drug-likeness (QED) is 0.496. The summed E-state index contributed by atoms with van der Waals surface area (Å²) in [7, 11) is 0. The second-order valence-electron chi connectivity index (χ2n) is 5.51. The first kappa shape index (κ1) is 18.2. The van der Waals surface area contributed by atoms with Crippen LogP contribution in [0.5, 0.6) is 5.75 Å². The van der Waals surface area contributed by atoms with Crippen molar-refractivity contribution in [3.63, 3.8) is 0 Å².